The Bertz CT molecular complexity index is 236. The molecule has 1 heterocycles. The molecule has 1 N–H and O–H groups in total. The highest BCUT2D eigenvalue weighted by Gasteiger charge is 2.40. The van der Waals surface area contributed by atoms with E-state index in [0.717, 1.165) is 45.3 Å². The molecule has 1 spiro atoms. The topological polar surface area (TPSA) is 47.9 Å². The highest BCUT2D eigenvalue weighted by Crippen LogP contribution is 2.36. The van der Waals surface area contributed by atoms with Crippen molar-refractivity contribution in [3.8, 4) is 0 Å². The van der Waals surface area contributed by atoms with Crippen LogP contribution in [0.1, 0.15) is 46.0 Å². The molecule has 1 atom stereocenters. The van der Waals surface area contributed by atoms with Crippen LogP contribution in [-0.4, -0.2) is 42.4 Å². The Labute approximate surface area is 103 Å². The maximum absolute atomic E-state index is 9.88. The Kier molecular flexibility index (Phi) is 4.08. The van der Waals surface area contributed by atoms with Gasteiger partial charge in [-0.3, -0.25) is 0 Å². The number of hydrogen-bond donors (Lipinski definition) is 1. The number of ether oxygens (including phenoxy) is 3. The van der Waals surface area contributed by atoms with Crippen molar-refractivity contribution in [1.82, 2.24) is 0 Å². The maximum Gasteiger partial charge on any atom is 0.168 e. The molecule has 4 nitrogen and oxygen atoms in total. The molecule has 0 bridgehead atoms. The van der Waals surface area contributed by atoms with Gasteiger partial charge in [-0.25, -0.2) is 0 Å². The van der Waals surface area contributed by atoms with Crippen LogP contribution in [0.5, 0.6) is 0 Å². The predicted octanol–water partition coefficient (Wildman–Crippen LogP) is 1.85. The van der Waals surface area contributed by atoms with E-state index in [0.29, 0.717) is 6.61 Å². The lowest BCUT2D eigenvalue weighted by atomic mass is 9.91. The molecule has 2 aliphatic rings. The summed E-state index contributed by atoms with van der Waals surface area (Å²) in [5.74, 6) is -0.312. The average molecular weight is 244 g/mol. The van der Waals surface area contributed by atoms with E-state index < -0.39 is 5.60 Å². The predicted molar refractivity (Wildman–Crippen MR) is 63.8 cm³/mol. The third-order valence-electron chi connectivity index (χ3n) is 3.90. The molecule has 0 aromatic carbocycles. The van der Waals surface area contributed by atoms with Gasteiger partial charge in [0, 0.05) is 12.8 Å². The quantitative estimate of drug-likeness (QED) is 0.820. The van der Waals surface area contributed by atoms with Gasteiger partial charge in [-0.1, -0.05) is 6.92 Å². The molecule has 4 heteroatoms. The van der Waals surface area contributed by atoms with E-state index in [4.69, 9.17) is 14.2 Å². The summed E-state index contributed by atoms with van der Waals surface area (Å²) in [4.78, 5) is 0. The second-order valence-electron chi connectivity index (χ2n) is 5.47. The maximum atomic E-state index is 9.88. The standard InChI is InChI=1S/C13H24O4/c1-3-12(2,14)10-15-11-4-6-13(7-5-11)16-8-9-17-13/h11,14H,3-10H2,1-2H3. The van der Waals surface area contributed by atoms with Gasteiger partial charge in [0.05, 0.1) is 31.5 Å². The van der Waals surface area contributed by atoms with Crippen LogP contribution in [0.3, 0.4) is 0 Å². The Morgan fingerprint density at radius 2 is 1.88 bits per heavy atom. The van der Waals surface area contributed by atoms with Crippen molar-refractivity contribution in [3.05, 3.63) is 0 Å². The van der Waals surface area contributed by atoms with Crippen LogP contribution in [0.2, 0.25) is 0 Å². The molecular formula is C13H24O4. The fraction of sp³-hybridized carbons (Fsp3) is 1.00. The van der Waals surface area contributed by atoms with Crippen molar-refractivity contribution in [2.24, 2.45) is 0 Å². The first-order valence-corrected chi connectivity index (χ1v) is 6.67. The van der Waals surface area contributed by atoms with Gasteiger partial charge < -0.3 is 19.3 Å². The minimum atomic E-state index is -0.699. The second kappa shape index (κ2) is 5.22. The van der Waals surface area contributed by atoms with Crippen molar-refractivity contribution < 1.29 is 19.3 Å². The van der Waals surface area contributed by atoms with Crippen molar-refractivity contribution in [3.63, 3.8) is 0 Å². The van der Waals surface area contributed by atoms with Gasteiger partial charge in [0.25, 0.3) is 0 Å². The minimum absolute atomic E-state index is 0.242. The molecule has 17 heavy (non-hydrogen) atoms. The normalized spacial score (nSPS) is 28.4. The largest absolute Gasteiger partial charge is 0.388 e. The van der Waals surface area contributed by atoms with Crippen LogP contribution in [-0.2, 0) is 14.2 Å². The molecule has 1 saturated heterocycles. The van der Waals surface area contributed by atoms with Gasteiger partial charge in [-0.15, -0.1) is 0 Å². The summed E-state index contributed by atoms with van der Waals surface area (Å²) in [6.07, 6.45) is 4.69. The summed E-state index contributed by atoms with van der Waals surface area (Å²) < 4.78 is 17.1. The van der Waals surface area contributed by atoms with E-state index >= 15 is 0 Å². The number of aliphatic hydroxyl groups is 1. The first kappa shape index (κ1) is 13.3. The Morgan fingerprint density at radius 1 is 1.29 bits per heavy atom. The number of hydrogen-bond acceptors (Lipinski definition) is 4. The third-order valence-corrected chi connectivity index (χ3v) is 3.90. The zero-order chi connectivity index (χ0) is 12.4. The van der Waals surface area contributed by atoms with Crippen molar-refractivity contribution in [2.45, 2.75) is 63.4 Å². The summed E-state index contributed by atoms with van der Waals surface area (Å²) in [6.45, 7) is 5.65. The van der Waals surface area contributed by atoms with Crippen molar-refractivity contribution in [1.29, 1.82) is 0 Å². The first-order valence-electron chi connectivity index (χ1n) is 6.67. The lowest BCUT2D eigenvalue weighted by molar-refractivity contribution is -0.195. The molecule has 1 aliphatic carbocycles. The fourth-order valence-corrected chi connectivity index (χ4v) is 2.38. The van der Waals surface area contributed by atoms with Gasteiger partial charge in [0.2, 0.25) is 0 Å². The lowest BCUT2D eigenvalue weighted by Crippen LogP contribution is -2.39. The van der Waals surface area contributed by atoms with Crippen LogP contribution in [0.15, 0.2) is 0 Å². The fourth-order valence-electron chi connectivity index (χ4n) is 2.38. The molecule has 1 aliphatic heterocycles. The highest BCUT2D eigenvalue weighted by atomic mass is 16.7. The molecule has 0 aromatic heterocycles. The van der Waals surface area contributed by atoms with E-state index in [-0.39, 0.29) is 11.9 Å². The van der Waals surface area contributed by atoms with E-state index in [1.54, 1.807) is 0 Å². The molecule has 0 radical (unpaired) electrons. The molecular weight excluding hydrogens is 220 g/mol. The van der Waals surface area contributed by atoms with Crippen LogP contribution >= 0.6 is 0 Å². The van der Waals surface area contributed by atoms with E-state index in [1.165, 1.54) is 0 Å². The molecule has 0 aromatic rings. The lowest BCUT2D eigenvalue weighted by Gasteiger charge is -2.36. The van der Waals surface area contributed by atoms with Crippen LogP contribution in [0.4, 0.5) is 0 Å². The van der Waals surface area contributed by atoms with Gasteiger partial charge in [0.1, 0.15) is 0 Å². The zero-order valence-electron chi connectivity index (χ0n) is 10.9. The smallest absolute Gasteiger partial charge is 0.168 e. The molecule has 2 rings (SSSR count). The average Bonchev–Trinajstić information content (AvgIpc) is 2.77. The summed E-state index contributed by atoms with van der Waals surface area (Å²) in [5.41, 5.74) is -0.699. The molecule has 100 valence electrons. The zero-order valence-corrected chi connectivity index (χ0v) is 10.9. The summed E-state index contributed by atoms with van der Waals surface area (Å²) in [7, 11) is 0. The third kappa shape index (κ3) is 3.41. The molecule has 0 amide bonds. The highest BCUT2D eigenvalue weighted by molar-refractivity contribution is 4.83. The number of rotatable bonds is 4. The molecule has 1 unspecified atom stereocenters. The van der Waals surface area contributed by atoms with E-state index in [2.05, 4.69) is 0 Å². The van der Waals surface area contributed by atoms with Crippen LogP contribution in [0.25, 0.3) is 0 Å². The van der Waals surface area contributed by atoms with Gasteiger partial charge in [0.15, 0.2) is 5.79 Å². The van der Waals surface area contributed by atoms with Crippen LogP contribution < -0.4 is 0 Å². The SMILES string of the molecule is CCC(C)(O)COC1CCC2(CC1)OCCO2. The summed E-state index contributed by atoms with van der Waals surface area (Å²) in [5, 5.41) is 9.88. The van der Waals surface area contributed by atoms with Crippen molar-refractivity contribution in [2.75, 3.05) is 19.8 Å². The Balaban J connectivity index is 1.72. The van der Waals surface area contributed by atoms with E-state index in [1.807, 2.05) is 13.8 Å². The molecule has 1 saturated carbocycles. The summed E-state index contributed by atoms with van der Waals surface area (Å²) >= 11 is 0. The van der Waals surface area contributed by atoms with Crippen molar-refractivity contribution >= 4 is 0 Å². The van der Waals surface area contributed by atoms with Gasteiger partial charge in [-0.05, 0) is 26.2 Å². The summed E-state index contributed by atoms with van der Waals surface area (Å²) in [6, 6.07) is 0. The Morgan fingerprint density at radius 3 is 2.41 bits per heavy atom. The molecule has 2 fully saturated rings. The first-order chi connectivity index (χ1) is 8.05. The second-order valence-corrected chi connectivity index (χ2v) is 5.47. The van der Waals surface area contributed by atoms with Crippen LogP contribution in [0, 0.1) is 0 Å². The van der Waals surface area contributed by atoms with Gasteiger partial charge >= 0.3 is 0 Å². The minimum Gasteiger partial charge on any atom is -0.388 e. The Hall–Kier alpha value is -0.160. The monoisotopic (exact) mass is 244 g/mol. The van der Waals surface area contributed by atoms with Gasteiger partial charge in [-0.2, -0.15) is 0 Å². The van der Waals surface area contributed by atoms with E-state index in [9.17, 15) is 5.11 Å².